The Labute approximate surface area is 106 Å². The van der Waals surface area contributed by atoms with Crippen molar-refractivity contribution in [3.05, 3.63) is 0 Å². The third-order valence-electron chi connectivity index (χ3n) is 3.76. The zero-order valence-electron chi connectivity index (χ0n) is 11.9. The molecule has 1 fully saturated rings. The molecule has 2 atom stereocenters. The van der Waals surface area contributed by atoms with E-state index in [1.165, 1.54) is 25.7 Å². The molecule has 17 heavy (non-hydrogen) atoms. The molecular formula is C14H29NO2. The number of hydrogen-bond acceptors (Lipinski definition) is 3. The van der Waals surface area contributed by atoms with Gasteiger partial charge < -0.3 is 14.8 Å². The van der Waals surface area contributed by atoms with Crippen molar-refractivity contribution in [1.29, 1.82) is 0 Å². The second-order valence-corrected chi connectivity index (χ2v) is 5.71. The molecule has 1 aliphatic rings. The first-order valence-corrected chi connectivity index (χ1v) is 6.95. The fourth-order valence-electron chi connectivity index (χ4n) is 2.75. The highest BCUT2D eigenvalue weighted by Gasteiger charge is 2.38. The van der Waals surface area contributed by atoms with Crippen LogP contribution in [0.25, 0.3) is 0 Å². The van der Waals surface area contributed by atoms with Crippen molar-refractivity contribution in [2.75, 3.05) is 26.9 Å². The highest BCUT2D eigenvalue weighted by Crippen LogP contribution is 2.36. The maximum Gasteiger partial charge on any atom is 0.0734 e. The van der Waals surface area contributed by atoms with Crippen LogP contribution in [0.15, 0.2) is 0 Å². The SMILES string of the molecule is CCCNC1C(OCCOC)CCCC1(C)C. The van der Waals surface area contributed by atoms with Crippen LogP contribution >= 0.6 is 0 Å². The van der Waals surface area contributed by atoms with Crippen LogP contribution in [0.1, 0.15) is 46.5 Å². The molecule has 0 radical (unpaired) electrons. The Morgan fingerprint density at radius 2 is 2.06 bits per heavy atom. The standard InChI is InChI=1S/C14H29NO2/c1-5-9-15-13-12(17-11-10-16-4)7-6-8-14(13,2)3/h12-13,15H,5-11H2,1-4H3. The van der Waals surface area contributed by atoms with Crippen molar-refractivity contribution in [1.82, 2.24) is 5.32 Å². The highest BCUT2D eigenvalue weighted by atomic mass is 16.5. The van der Waals surface area contributed by atoms with Gasteiger partial charge in [-0.05, 0) is 31.2 Å². The van der Waals surface area contributed by atoms with E-state index in [0.29, 0.717) is 30.8 Å². The molecule has 1 N–H and O–H groups in total. The lowest BCUT2D eigenvalue weighted by Gasteiger charge is -2.44. The van der Waals surface area contributed by atoms with Crippen LogP contribution in [0.3, 0.4) is 0 Å². The quantitative estimate of drug-likeness (QED) is 0.697. The summed E-state index contributed by atoms with van der Waals surface area (Å²) < 4.78 is 11.0. The molecule has 1 saturated carbocycles. The van der Waals surface area contributed by atoms with Crippen molar-refractivity contribution in [3.63, 3.8) is 0 Å². The van der Waals surface area contributed by atoms with Gasteiger partial charge in [0.05, 0.1) is 19.3 Å². The first-order chi connectivity index (χ1) is 8.11. The van der Waals surface area contributed by atoms with Crippen LogP contribution in [0.2, 0.25) is 0 Å². The molecule has 2 unspecified atom stereocenters. The summed E-state index contributed by atoms with van der Waals surface area (Å²) in [6.07, 6.45) is 5.26. The average Bonchev–Trinajstić information content (AvgIpc) is 2.28. The van der Waals surface area contributed by atoms with Gasteiger partial charge in [0.15, 0.2) is 0 Å². The Morgan fingerprint density at radius 3 is 2.71 bits per heavy atom. The molecule has 0 amide bonds. The minimum Gasteiger partial charge on any atom is -0.382 e. The number of methoxy groups -OCH3 is 1. The number of nitrogens with one attached hydrogen (secondary N) is 1. The first-order valence-electron chi connectivity index (χ1n) is 6.95. The van der Waals surface area contributed by atoms with Crippen LogP contribution in [0.4, 0.5) is 0 Å². The summed E-state index contributed by atoms with van der Waals surface area (Å²) in [5.41, 5.74) is 0.338. The lowest BCUT2D eigenvalue weighted by molar-refractivity contribution is -0.0513. The van der Waals surface area contributed by atoms with E-state index in [0.717, 1.165) is 6.54 Å². The Balaban J connectivity index is 2.51. The van der Waals surface area contributed by atoms with Crippen molar-refractivity contribution in [2.24, 2.45) is 5.41 Å². The second-order valence-electron chi connectivity index (χ2n) is 5.71. The van der Waals surface area contributed by atoms with Gasteiger partial charge in [-0.25, -0.2) is 0 Å². The van der Waals surface area contributed by atoms with E-state index in [9.17, 15) is 0 Å². The average molecular weight is 243 g/mol. The van der Waals surface area contributed by atoms with Gasteiger partial charge in [-0.15, -0.1) is 0 Å². The third-order valence-corrected chi connectivity index (χ3v) is 3.76. The molecule has 0 aromatic carbocycles. The Morgan fingerprint density at radius 1 is 1.29 bits per heavy atom. The van der Waals surface area contributed by atoms with E-state index in [4.69, 9.17) is 9.47 Å². The Kier molecular flexibility index (Phi) is 6.45. The van der Waals surface area contributed by atoms with Gasteiger partial charge in [0, 0.05) is 13.2 Å². The molecule has 102 valence electrons. The molecule has 0 aromatic rings. The Bertz CT molecular complexity index is 206. The van der Waals surface area contributed by atoms with Crippen molar-refractivity contribution >= 4 is 0 Å². The monoisotopic (exact) mass is 243 g/mol. The molecule has 3 nitrogen and oxygen atoms in total. The zero-order valence-corrected chi connectivity index (χ0v) is 11.9. The molecule has 1 aliphatic carbocycles. The number of ether oxygens (including phenoxy) is 2. The minimum absolute atomic E-state index is 0.338. The van der Waals surface area contributed by atoms with Crippen LogP contribution in [-0.4, -0.2) is 39.0 Å². The van der Waals surface area contributed by atoms with Crippen LogP contribution < -0.4 is 5.32 Å². The lowest BCUT2D eigenvalue weighted by Crippen LogP contribution is -2.53. The van der Waals surface area contributed by atoms with Gasteiger partial charge >= 0.3 is 0 Å². The normalized spacial score (nSPS) is 28.2. The van der Waals surface area contributed by atoms with Crippen LogP contribution in [0.5, 0.6) is 0 Å². The van der Waals surface area contributed by atoms with E-state index in [1.54, 1.807) is 7.11 Å². The fourth-order valence-corrected chi connectivity index (χ4v) is 2.75. The predicted octanol–water partition coefficient (Wildman–Crippen LogP) is 2.60. The second kappa shape index (κ2) is 7.34. The molecule has 0 bridgehead atoms. The summed E-state index contributed by atoms with van der Waals surface area (Å²) in [5, 5.41) is 3.67. The molecule has 0 aliphatic heterocycles. The van der Waals surface area contributed by atoms with E-state index < -0.39 is 0 Å². The van der Waals surface area contributed by atoms with E-state index >= 15 is 0 Å². The van der Waals surface area contributed by atoms with Gasteiger partial charge in [0.1, 0.15) is 0 Å². The smallest absolute Gasteiger partial charge is 0.0734 e. The minimum atomic E-state index is 0.338. The number of rotatable bonds is 7. The van der Waals surface area contributed by atoms with Crippen molar-refractivity contribution in [3.8, 4) is 0 Å². The highest BCUT2D eigenvalue weighted by molar-refractivity contribution is 4.94. The molecule has 3 heteroatoms. The molecule has 0 aromatic heterocycles. The summed E-state index contributed by atoms with van der Waals surface area (Å²) in [5.74, 6) is 0. The summed E-state index contributed by atoms with van der Waals surface area (Å²) in [7, 11) is 1.72. The van der Waals surface area contributed by atoms with Gasteiger partial charge in [-0.3, -0.25) is 0 Å². The largest absolute Gasteiger partial charge is 0.382 e. The fraction of sp³-hybridized carbons (Fsp3) is 1.00. The van der Waals surface area contributed by atoms with Crippen molar-refractivity contribution < 1.29 is 9.47 Å². The molecule has 1 rings (SSSR count). The first kappa shape index (κ1) is 14.9. The number of hydrogen-bond donors (Lipinski definition) is 1. The van der Waals surface area contributed by atoms with E-state index in [1.807, 2.05) is 0 Å². The van der Waals surface area contributed by atoms with Gasteiger partial charge in [0.2, 0.25) is 0 Å². The molecule has 0 saturated heterocycles. The maximum absolute atomic E-state index is 5.98. The summed E-state index contributed by atoms with van der Waals surface area (Å²) in [6.45, 7) is 9.40. The maximum atomic E-state index is 5.98. The van der Waals surface area contributed by atoms with Gasteiger partial charge in [0.25, 0.3) is 0 Å². The molecular weight excluding hydrogens is 214 g/mol. The summed E-state index contributed by atoms with van der Waals surface area (Å²) in [6, 6.07) is 0.480. The topological polar surface area (TPSA) is 30.5 Å². The zero-order chi connectivity index (χ0) is 12.7. The predicted molar refractivity (Wildman–Crippen MR) is 71.3 cm³/mol. The Hall–Kier alpha value is -0.120. The lowest BCUT2D eigenvalue weighted by atomic mass is 9.71. The van der Waals surface area contributed by atoms with Crippen LogP contribution in [0, 0.1) is 5.41 Å². The van der Waals surface area contributed by atoms with E-state index in [2.05, 4.69) is 26.1 Å². The molecule has 0 spiro atoms. The molecule has 0 heterocycles. The third kappa shape index (κ3) is 4.57. The summed E-state index contributed by atoms with van der Waals surface area (Å²) in [4.78, 5) is 0. The van der Waals surface area contributed by atoms with Gasteiger partial charge in [-0.1, -0.05) is 27.2 Å². The summed E-state index contributed by atoms with van der Waals surface area (Å²) >= 11 is 0. The van der Waals surface area contributed by atoms with Crippen LogP contribution in [-0.2, 0) is 9.47 Å². The van der Waals surface area contributed by atoms with E-state index in [-0.39, 0.29) is 0 Å². The van der Waals surface area contributed by atoms with Gasteiger partial charge in [-0.2, -0.15) is 0 Å². The van der Waals surface area contributed by atoms with Crippen molar-refractivity contribution in [2.45, 2.75) is 58.6 Å².